The lowest BCUT2D eigenvalue weighted by molar-refractivity contribution is -0.120. The van der Waals surface area contributed by atoms with E-state index in [1.165, 1.54) is 0 Å². The van der Waals surface area contributed by atoms with Gasteiger partial charge < -0.3 is 16.2 Å². The molecule has 0 aromatic rings. The molecule has 2 atom stereocenters. The van der Waals surface area contributed by atoms with Crippen LogP contribution in [0.25, 0.3) is 0 Å². The number of rotatable bonds is 2. The smallest absolute Gasteiger partial charge is 0.234 e. The number of carbonyl (C=O) groups excluding carboxylic acids is 1. The Morgan fingerprint density at radius 2 is 2.40 bits per heavy atom. The normalized spacial score (nSPS) is 28.3. The predicted octanol–water partition coefficient (Wildman–Crippen LogP) is -1.16. The fourth-order valence-corrected chi connectivity index (χ4v) is 1.07. The van der Waals surface area contributed by atoms with Crippen LogP contribution in [0.2, 0.25) is 0 Å². The highest BCUT2D eigenvalue weighted by atomic mass is 16.5. The maximum Gasteiger partial charge on any atom is 0.234 e. The van der Waals surface area contributed by atoms with Crippen molar-refractivity contribution in [3.05, 3.63) is 0 Å². The highest BCUT2D eigenvalue weighted by Crippen LogP contribution is 2.14. The van der Waals surface area contributed by atoms with E-state index in [0.29, 0.717) is 13.2 Å². The van der Waals surface area contributed by atoms with Gasteiger partial charge in [-0.25, -0.2) is 0 Å². The molecule has 1 rings (SSSR count). The van der Waals surface area contributed by atoms with E-state index in [-0.39, 0.29) is 5.92 Å². The first-order valence-corrected chi connectivity index (χ1v) is 3.34. The quantitative estimate of drug-likeness (QED) is 0.513. The minimum atomic E-state index is -0.525. The number of primary amides is 1. The molecule has 0 aromatic heterocycles. The number of hydrogen-bond donors (Lipinski definition) is 2. The molecule has 0 aliphatic carbocycles. The zero-order valence-electron chi connectivity index (χ0n) is 5.75. The topological polar surface area (TPSA) is 78.3 Å². The number of nitrogens with two attached hydrogens (primary N) is 2. The average molecular weight is 144 g/mol. The zero-order valence-corrected chi connectivity index (χ0v) is 5.75. The summed E-state index contributed by atoms with van der Waals surface area (Å²) in [5.74, 6) is -0.298. The van der Waals surface area contributed by atoms with Gasteiger partial charge >= 0.3 is 0 Å². The van der Waals surface area contributed by atoms with E-state index in [1.807, 2.05) is 0 Å². The molecule has 0 radical (unpaired) electrons. The van der Waals surface area contributed by atoms with Gasteiger partial charge in [-0.05, 0) is 6.42 Å². The second kappa shape index (κ2) is 2.98. The second-order valence-corrected chi connectivity index (χ2v) is 2.55. The fraction of sp³-hybridized carbons (Fsp3) is 0.833. The van der Waals surface area contributed by atoms with Gasteiger partial charge in [-0.15, -0.1) is 0 Å². The summed E-state index contributed by atoms with van der Waals surface area (Å²) in [5.41, 5.74) is 10.5. The largest absolute Gasteiger partial charge is 0.381 e. The van der Waals surface area contributed by atoms with Crippen LogP contribution in [0.4, 0.5) is 0 Å². The van der Waals surface area contributed by atoms with Crippen LogP contribution in [0.3, 0.4) is 0 Å². The lowest BCUT2D eigenvalue weighted by Crippen LogP contribution is -2.42. The van der Waals surface area contributed by atoms with Crippen molar-refractivity contribution in [1.82, 2.24) is 0 Å². The van der Waals surface area contributed by atoms with E-state index in [9.17, 15) is 4.79 Å². The summed E-state index contributed by atoms with van der Waals surface area (Å²) in [6.45, 7) is 1.27. The van der Waals surface area contributed by atoms with E-state index in [2.05, 4.69) is 0 Å². The van der Waals surface area contributed by atoms with Crippen molar-refractivity contribution in [3.63, 3.8) is 0 Å². The van der Waals surface area contributed by atoms with E-state index >= 15 is 0 Å². The molecule has 1 aliphatic heterocycles. The SMILES string of the molecule is NC(=O)[C@H](N)[C@@H]1CCOC1. The standard InChI is InChI=1S/C6H12N2O2/c7-5(6(8)9)4-1-2-10-3-4/h4-5H,1-3,7H2,(H2,8,9)/t4-,5-/m1/s1. The first kappa shape index (κ1) is 7.50. The van der Waals surface area contributed by atoms with Crippen LogP contribution in [0.5, 0.6) is 0 Å². The van der Waals surface area contributed by atoms with Crippen molar-refractivity contribution >= 4 is 5.91 Å². The molecule has 1 fully saturated rings. The molecule has 0 aromatic carbocycles. The summed E-state index contributed by atoms with van der Waals surface area (Å²) in [4.78, 5) is 10.5. The number of carbonyl (C=O) groups is 1. The van der Waals surface area contributed by atoms with E-state index in [1.54, 1.807) is 0 Å². The van der Waals surface area contributed by atoms with Gasteiger partial charge in [-0.3, -0.25) is 4.79 Å². The van der Waals surface area contributed by atoms with Crippen LogP contribution in [0, 0.1) is 5.92 Å². The van der Waals surface area contributed by atoms with E-state index < -0.39 is 11.9 Å². The van der Waals surface area contributed by atoms with Gasteiger partial charge in [-0.2, -0.15) is 0 Å². The third-order valence-corrected chi connectivity index (χ3v) is 1.80. The fourth-order valence-electron chi connectivity index (χ4n) is 1.07. The zero-order chi connectivity index (χ0) is 7.56. The van der Waals surface area contributed by atoms with Crippen molar-refractivity contribution in [3.8, 4) is 0 Å². The van der Waals surface area contributed by atoms with Crippen LogP contribution in [-0.2, 0) is 9.53 Å². The van der Waals surface area contributed by atoms with Gasteiger partial charge in [0.05, 0.1) is 12.6 Å². The number of ether oxygens (including phenoxy) is 1. The van der Waals surface area contributed by atoms with Gasteiger partial charge in [0.25, 0.3) is 0 Å². The summed E-state index contributed by atoms with van der Waals surface area (Å²) in [6, 6.07) is -0.525. The third-order valence-electron chi connectivity index (χ3n) is 1.80. The number of hydrogen-bond acceptors (Lipinski definition) is 3. The second-order valence-electron chi connectivity index (χ2n) is 2.55. The monoisotopic (exact) mass is 144 g/mol. The van der Waals surface area contributed by atoms with Gasteiger partial charge in [0.2, 0.25) is 5.91 Å². The highest BCUT2D eigenvalue weighted by molar-refractivity contribution is 5.79. The van der Waals surface area contributed by atoms with Crippen molar-refractivity contribution in [1.29, 1.82) is 0 Å². The highest BCUT2D eigenvalue weighted by Gasteiger charge is 2.26. The molecule has 0 bridgehead atoms. The van der Waals surface area contributed by atoms with Crippen molar-refractivity contribution < 1.29 is 9.53 Å². The average Bonchev–Trinajstić information content (AvgIpc) is 2.36. The Bertz CT molecular complexity index is 132. The van der Waals surface area contributed by atoms with E-state index in [0.717, 1.165) is 6.42 Å². The molecule has 10 heavy (non-hydrogen) atoms. The lowest BCUT2D eigenvalue weighted by atomic mass is 10.00. The van der Waals surface area contributed by atoms with Crippen LogP contribution in [0.1, 0.15) is 6.42 Å². The van der Waals surface area contributed by atoms with Crippen LogP contribution in [-0.4, -0.2) is 25.2 Å². The molecule has 0 saturated carbocycles. The molecule has 1 saturated heterocycles. The van der Waals surface area contributed by atoms with Crippen molar-refractivity contribution in [2.75, 3.05) is 13.2 Å². The first-order chi connectivity index (χ1) is 4.72. The third kappa shape index (κ3) is 1.46. The summed E-state index contributed by atoms with van der Waals surface area (Å²) in [7, 11) is 0. The number of amides is 1. The Kier molecular flexibility index (Phi) is 2.24. The van der Waals surface area contributed by atoms with Gasteiger partial charge in [0.1, 0.15) is 0 Å². The van der Waals surface area contributed by atoms with Crippen molar-refractivity contribution in [2.45, 2.75) is 12.5 Å². The molecule has 1 aliphatic rings. The Labute approximate surface area is 59.5 Å². The maximum absolute atomic E-state index is 10.5. The molecule has 4 heteroatoms. The van der Waals surface area contributed by atoms with E-state index in [4.69, 9.17) is 16.2 Å². The molecule has 58 valence electrons. The molecule has 0 spiro atoms. The lowest BCUT2D eigenvalue weighted by Gasteiger charge is -2.12. The summed E-state index contributed by atoms with van der Waals surface area (Å²) < 4.78 is 5.04. The first-order valence-electron chi connectivity index (χ1n) is 3.34. The summed E-state index contributed by atoms with van der Waals surface area (Å²) >= 11 is 0. The Balaban J connectivity index is 2.39. The molecular formula is C6H12N2O2. The Hall–Kier alpha value is -0.610. The summed E-state index contributed by atoms with van der Waals surface area (Å²) in [5, 5.41) is 0. The van der Waals surface area contributed by atoms with Gasteiger partial charge in [0, 0.05) is 12.5 Å². The van der Waals surface area contributed by atoms with Crippen molar-refractivity contribution in [2.24, 2.45) is 17.4 Å². The Morgan fingerprint density at radius 3 is 2.80 bits per heavy atom. The molecule has 0 unspecified atom stereocenters. The van der Waals surface area contributed by atoms with Crippen LogP contribution >= 0.6 is 0 Å². The Morgan fingerprint density at radius 1 is 1.70 bits per heavy atom. The molecule has 1 heterocycles. The minimum Gasteiger partial charge on any atom is -0.381 e. The molecule has 4 nitrogen and oxygen atoms in total. The predicted molar refractivity (Wildman–Crippen MR) is 36.1 cm³/mol. The van der Waals surface area contributed by atoms with Gasteiger partial charge in [0.15, 0.2) is 0 Å². The van der Waals surface area contributed by atoms with Crippen LogP contribution < -0.4 is 11.5 Å². The summed E-state index contributed by atoms with van der Waals surface area (Å²) in [6.07, 6.45) is 0.851. The van der Waals surface area contributed by atoms with Gasteiger partial charge in [-0.1, -0.05) is 0 Å². The minimum absolute atomic E-state index is 0.137. The molecular weight excluding hydrogens is 132 g/mol. The van der Waals surface area contributed by atoms with Crippen LogP contribution in [0.15, 0.2) is 0 Å². The molecule has 1 amide bonds. The maximum atomic E-state index is 10.5. The molecule has 4 N–H and O–H groups in total.